The zero-order chi connectivity index (χ0) is 21.1. The molecule has 0 unspecified atom stereocenters. The molecular formula is C21H18N6O3. The van der Waals surface area contributed by atoms with Crippen LogP contribution < -0.4 is 15.0 Å². The molecule has 0 bridgehead atoms. The fraction of sp³-hybridized carbons (Fsp3) is 0.190. The lowest BCUT2D eigenvalue weighted by atomic mass is 10.1. The van der Waals surface area contributed by atoms with E-state index in [0.29, 0.717) is 17.3 Å². The van der Waals surface area contributed by atoms with Crippen molar-refractivity contribution < 1.29 is 14.3 Å². The Balaban J connectivity index is 1.54. The minimum Gasteiger partial charge on any atom is -0.489 e. The summed E-state index contributed by atoms with van der Waals surface area (Å²) in [4.78, 5) is 34.7. The SMILES string of the molecule is Cc1nc(C(=O)N[C@H]2COc3ccc(C#Cc4cccnc4)cc3N(C)C2=O)n[nH]1. The molecule has 0 fully saturated rings. The molecule has 150 valence electrons. The first-order chi connectivity index (χ1) is 14.5. The summed E-state index contributed by atoms with van der Waals surface area (Å²) < 4.78 is 5.78. The maximum Gasteiger partial charge on any atom is 0.291 e. The van der Waals surface area contributed by atoms with Crippen LogP contribution in [-0.2, 0) is 4.79 Å². The number of aryl methyl sites for hydroxylation is 1. The van der Waals surface area contributed by atoms with Crippen molar-refractivity contribution in [1.29, 1.82) is 0 Å². The summed E-state index contributed by atoms with van der Waals surface area (Å²) in [5, 5.41) is 9.04. The van der Waals surface area contributed by atoms with E-state index in [0.717, 1.165) is 11.1 Å². The molecule has 2 amide bonds. The molecule has 3 heterocycles. The van der Waals surface area contributed by atoms with Crippen LogP contribution in [0.25, 0.3) is 0 Å². The van der Waals surface area contributed by atoms with E-state index in [9.17, 15) is 9.59 Å². The molecule has 1 aliphatic rings. The van der Waals surface area contributed by atoms with Gasteiger partial charge in [-0.25, -0.2) is 4.98 Å². The van der Waals surface area contributed by atoms with Gasteiger partial charge in [0.05, 0.1) is 5.69 Å². The molecule has 3 aromatic rings. The summed E-state index contributed by atoms with van der Waals surface area (Å²) in [7, 11) is 1.63. The normalized spacial score (nSPS) is 15.3. The van der Waals surface area contributed by atoms with Gasteiger partial charge in [0.1, 0.15) is 24.2 Å². The van der Waals surface area contributed by atoms with Crippen molar-refractivity contribution in [2.24, 2.45) is 0 Å². The largest absolute Gasteiger partial charge is 0.489 e. The molecule has 2 N–H and O–H groups in total. The average molecular weight is 402 g/mol. The average Bonchev–Trinajstić information content (AvgIpc) is 3.17. The molecule has 9 heteroatoms. The van der Waals surface area contributed by atoms with Gasteiger partial charge in [0.2, 0.25) is 5.82 Å². The van der Waals surface area contributed by atoms with Gasteiger partial charge in [-0.3, -0.25) is 19.7 Å². The van der Waals surface area contributed by atoms with Gasteiger partial charge in [-0.1, -0.05) is 11.8 Å². The van der Waals surface area contributed by atoms with Crippen molar-refractivity contribution in [1.82, 2.24) is 25.5 Å². The van der Waals surface area contributed by atoms with Crippen LogP contribution in [-0.4, -0.2) is 51.7 Å². The summed E-state index contributed by atoms with van der Waals surface area (Å²) in [6.07, 6.45) is 3.36. The molecular weight excluding hydrogens is 384 g/mol. The number of nitrogens with one attached hydrogen (secondary N) is 2. The summed E-state index contributed by atoms with van der Waals surface area (Å²) in [5.74, 6) is 6.24. The molecule has 0 saturated heterocycles. The van der Waals surface area contributed by atoms with Crippen LogP contribution in [0.15, 0.2) is 42.7 Å². The van der Waals surface area contributed by atoms with Crippen molar-refractivity contribution in [2.75, 3.05) is 18.6 Å². The van der Waals surface area contributed by atoms with Crippen molar-refractivity contribution in [3.63, 3.8) is 0 Å². The highest BCUT2D eigenvalue weighted by Gasteiger charge is 2.31. The van der Waals surface area contributed by atoms with Crippen molar-refractivity contribution in [2.45, 2.75) is 13.0 Å². The maximum atomic E-state index is 12.9. The van der Waals surface area contributed by atoms with E-state index in [2.05, 4.69) is 37.3 Å². The summed E-state index contributed by atoms with van der Waals surface area (Å²) in [6, 6.07) is 8.16. The van der Waals surface area contributed by atoms with Gasteiger partial charge in [0, 0.05) is 30.6 Å². The number of H-pyrrole nitrogens is 1. The first-order valence-corrected chi connectivity index (χ1v) is 9.17. The number of carbonyl (C=O) groups excluding carboxylic acids is 2. The maximum absolute atomic E-state index is 12.9. The smallest absolute Gasteiger partial charge is 0.291 e. The van der Waals surface area contributed by atoms with E-state index in [1.165, 1.54) is 4.90 Å². The predicted octanol–water partition coefficient (Wildman–Crippen LogP) is 1.06. The van der Waals surface area contributed by atoms with Crippen LogP contribution in [0.1, 0.15) is 27.6 Å². The Labute approximate surface area is 172 Å². The number of fused-ring (bicyclic) bond motifs is 1. The number of likely N-dealkylation sites (N-methyl/N-ethyl adjacent to an activating group) is 1. The molecule has 0 radical (unpaired) electrons. The Morgan fingerprint density at radius 1 is 1.30 bits per heavy atom. The third kappa shape index (κ3) is 3.98. The number of nitrogens with zero attached hydrogens (tertiary/aromatic N) is 4. The van der Waals surface area contributed by atoms with Gasteiger partial charge in [-0.2, -0.15) is 0 Å². The third-order valence-corrected chi connectivity index (χ3v) is 4.47. The highest BCUT2D eigenvalue weighted by molar-refractivity contribution is 6.02. The number of hydrogen-bond donors (Lipinski definition) is 2. The highest BCUT2D eigenvalue weighted by atomic mass is 16.5. The van der Waals surface area contributed by atoms with E-state index < -0.39 is 11.9 Å². The molecule has 1 aromatic carbocycles. The van der Waals surface area contributed by atoms with E-state index in [4.69, 9.17) is 4.74 Å². The summed E-state index contributed by atoms with van der Waals surface area (Å²) >= 11 is 0. The van der Waals surface area contributed by atoms with Gasteiger partial charge in [0.25, 0.3) is 11.8 Å². The van der Waals surface area contributed by atoms with E-state index in [1.807, 2.05) is 18.2 Å². The number of pyridine rings is 1. The monoisotopic (exact) mass is 402 g/mol. The van der Waals surface area contributed by atoms with E-state index in [1.54, 1.807) is 38.5 Å². The number of aromatic amines is 1. The van der Waals surface area contributed by atoms with Gasteiger partial charge in [-0.15, -0.1) is 5.10 Å². The second kappa shape index (κ2) is 8.05. The molecule has 0 aliphatic carbocycles. The van der Waals surface area contributed by atoms with Crippen LogP contribution in [0, 0.1) is 18.8 Å². The Morgan fingerprint density at radius 2 is 2.13 bits per heavy atom. The number of hydrogen-bond acceptors (Lipinski definition) is 6. The molecule has 30 heavy (non-hydrogen) atoms. The van der Waals surface area contributed by atoms with Crippen LogP contribution in [0.5, 0.6) is 5.75 Å². The Hall–Kier alpha value is -4.19. The summed E-state index contributed by atoms with van der Waals surface area (Å²) in [5.41, 5.74) is 2.08. The number of aromatic nitrogens is 4. The highest BCUT2D eigenvalue weighted by Crippen LogP contribution is 2.31. The van der Waals surface area contributed by atoms with Gasteiger partial charge >= 0.3 is 0 Å². The lowest BCUT2D eigenvalue weighted by Crippen LogP contribution is -2.49. The lowest BCUT2D eigenvalue weighted by Gasteiger charge is -2.20. The first-order valence-electron chi connectivity index (χ1n) is 9.17. The fourth-order valence-electron chi connectivity index (χ4n) is 2.93. The Morgan fingerprint density at radius 3 is 2.87 bits per heavy atom. The third-order valence-electron chi connectivity index (χ3n) is 4.47. The van der Waals surface area contributed by atoms with Gasteiger partial charge in [-0.05, 0) is 37.3 Å². The number of anilines is 1. The first kappa shape index (κ1) is 19.1. The number of ether oxygens (including phenoxy) is 1. The number of carbonyl (C=O) groups is 2. The number of rotatable bonds is 2. The zero-order valence-corrected chi connectivity index (χ0v) is 16.3. The lowest BCUT2D eigenvalue weighted by molar-refractivity contribution is -0.120. The second-order valence-electron chi connectivity index (χ2n) is 6.65. The van der Waals surface area contributed by atoms with Crippen LogP contribution >= 0.6 is 0 Å². The standard InChI is InChI=1S/C21H18N6O3/c1-13-23-19(26-25-13)20(28)24-16-12-30-18-8-7-14(10-17(18)27(2)21(16)29)5-6-15-4-3-9-22-11-15/h3-4,7-11,16H,12H2,1-2H3,(H,24,28)(H,23,25,26)/t16-/m0/s1. The number of amides is 2. The Bertz CT molecular complexity index is 1160. The zero-order valence-electron chi connectivity index (χ0n) is 16.3. The van der Waals surface area contributed by atoms with Crippen molar-refractivity contribution in [3.8, 4) is 17.6 Å². The van der Waals surface area contributed by atoms with Crippen LogP contribution in [0.3, 0.4) is 0 Å². The van der Waals surface area contributed by atoms with E-state index in [-0.39, 0.29) is 18.3 Å². The predicted molar refractivity (Wildman–Crippen MR) is 108 cm³/mol. The molecule has 1 atom stereocenters. The topological polar surface area (TPSA) is 113 Å². The molecule has 0 saturated carbocycles. The molecule has 9 nitrogen and oxygen atoms in total. The van der Waals surface area contributed by atoms with Gasteiger partial charge < -0.3 is 15.0 Å². The minimum absolute atomic E-state index is 0.00791. The minimum atomic E-state index is -0.876. The molecule has 4 rings (SSSR count). The molecule has 0 spiro atoms. The molecule has 1 aliphatic heterocycles. The van der Waals surface area contributed by atoms with Crippen LogP contribution in [0.4, 0.5) is 5.69 Å². The van der Waals surface area contributed by atoms with Crippen molar-refractivity contribution >= 4 is 17.5 Å². The van der Waals surface area contributed by atoms with E-state index >= 15 is 0 Å². The fourth-order valence-corrected chi connectivity index (χ4v) is 2.93. The number of benzene rings is 1. The van der Waals surface area contributed by atoms with Gasteiger partial charge in [0.15, 0.2) is 0 Å². The second-order valence-corrected chi connectivity index (χ2v) is 6.65. The molecule has 2 aromatic heterocycles. The Kier molecular flexibility index (Phi) is 5.13. The van der Waals surface area contributed by atoms with Crippen molar-refractivity contribution in [3.05, 3.63) is 65.5 Å². The quantitative estimate of drug-likeness (QED) is 0.620. The summed E-state index contributed by atoms with van der Waals surface area (Å²) in [6.45, 7) is 1.68. The van der Waals surface area contributed by atoms with Crippen LogP contribution in [0.2, 0.25) is 0 Å².